The molecular formula is C19H20N4O5. The third-order valence-electron chi connectivity index (χ3n) is 5.92. The summed E-state index contributed by atoms with van der Waals surface area (Å²) in [6.07, 6.45) is 5.92. The van der Waals surface area contributed by atoms with E-state index in [2.05, 4.69) is 10.6 Å². The van der Waals surface area contributed by atoms with Crippen molar-refractivity contribution >= 4 is 29.2 Å². The molecular weight excluding hydrogens is 364 g/mol. The topological polar surface area (TPSA) is 122 Å². The summed E-state index contributed by atoms with van der Waals surface area (Å²) in [5, 5.41) is 15.9. The highest BCUT2D eigenvalue weighted by molar-refractivity contribution is 6.06. The Hall–Kier alpha value is -3.23. The molecule has 3 aliphatic carbocycles. The van der Waals surface area contributed by atoms with Crippen molar-refractivity contribution in [2.24, 2.45) is 23.7 Å². The number of hydrogen-bond acceptors (Lipinski definition) is 5. The highest BCUT2D eigenvalue weighted by atomic mass is 16.6. The number of carbonyl (C=O) groups is 3. The van der Waals surface area contributed by atoms with Gasteiger partial charge in [0.05, 0.1) is 16.8 Å². The Morgan fingerprint density at radius 3 is 2.29 bits per heavy atom. The molecule has 2 fully saturated rings. The number of allylic oxidation sites excluding steroid dienone is 2. The van der Waals surface area contributed by atoms with Gasteiger partial charge in [0.2, 0.25) is 11.8 Å². The molecule has 5 rings (SSSR count). The van der Waals surface area contributed by atoms with Gasteiger partial charge >= 0.3 is 6.03 Å². The molecule has 1 aromatic carbocycles. The average molecular weight is 384 g/mol. The van der Waals surface area contributed by atoms with Gasteiger partial charge in [-0.2, -0.15) is 0 Å². The molecule has 1 aliphatic heterocycles. The Morgan fingerprint density at radius 2 is 1.79 bits per heavy atom. The van der Waals surface area contributed by atoms with Crippen LogP contribution < -0.4 is 10.6 Å². The maximum Gasteiger partial charge on any atom is 0.320 e. The average Bonchev–Trinajstić information content (AvgIpc) is 2.95. The lowest BCUT2D eigenvalue weighted by Gasteiger charge is -2.38. The predicted molar refractivity (Wildman–Crippen MR) is 99.0 cm³/mol. The van der Waals surface area contributed by atoms with Crippen LogP contribution >= 0.6 is 0 Å². The van der Waals surface area contributed by atoms with Crippen molar-refractivity contribution in [1.29, 1.82) is 0 Å². The van der Waals surface area contributed by atoms with E-state index in [4.69, 9.17) is 0 Å². The lowest BCUT2D eigenvalue weighted by Crippen LogP contribution is -2.43. The number of amides is 4. The van der Waals surface area contributed by atoms with Crippen LogP contribution in [0.3, 0.4) is 0 Å². The third-order valence-corrected chi connectivity index (χ3v) is 5.92. The highest BCUT2D eigenvalue weighted by Crippen LogP contribution is 2.49. The van der Waals surface area contributed by atoms with Crippen LogP contribution in [-0.2, 0) is 9.59 Å². The van der Waals surface area contributed by atoms with Crippen LogP contribution in [0.2, 0.25) is 0 Å². The number of anilines is 1. The summed E-state index contributed by atoms with van der Waals surface area (Å²) in [5.74, 6) is -0.848. The number of urea groups is 1. The highest BCUT2D eigenvalue weighted by Gasteiger charge is 2.56. The van der Waals surface area contributed by atoms with Gasteiger partial charge in [-0.1, -0.05) is 12.2 Å². The number of nitrogens with zero attached hydrogens (tertiary/aromatic N) is 2. The summed E-state index contributed by atoms with van der Waals surface area (Å²) in [4.78, 5) is 49.0. The summed E-state index contributed by atoms with van der Waals surface area (Å²) in [6.45, 7) is 1.45. The molecule has 4 amide bonds. The fourth-order valence-corrected chi connectivity index (χ4v) is 4.51. The molecule has 0 aromatic heterocycles. The van der Waals surface area contributed by atoms with Gasteiger partial charge in [-0.25, -0.2) is 4.79 Å². The van der Waals surface area contributed by atoms with Crippen molar-refractivity contribution in [2.45, 2.75) is 19.8 Å². The normalized spacial score (nSPS) is 27.7. The fourth-order valence-electron chi connectivity index (χ4n) is 4.51. The van der Waals surface area contributed by atoms with Gasteiger partial charge < -0.3 is 10.6 Å². The Morgan fingerprint density at radius 1 is 1.18 bits per heavy atom. The van der Waals surface area contributed by atoms with Gasteiger partial charge in [-0.15, -0.1) is 0 Å². The Bertz CT molecular complexity index is 880. The van der Waals surface area contributed by atoms with Crippen LogP contribution in [0.15, 0.2) is 30.4 Å². The lowest BCUT2D eigenvalue weighted by atomic mass is 9.63. The van der Waals surface area contributed by atoms with Crippen LogP contribution in [0.4, 0.5) is 16.2 Å². The molecule has 1 heterocycles. The van der Waals surface area contributed by atoms with Crippen LogP contribution in [0, 0.1) is 40.7 Å². The van der Waals surface area contributed by atoms with Gasteiger partial charge in [0.1, 0.15) is 6.67 Å². The number of hydrogen-bond donors (Lipinski definition) is 2. The minimum Gasteiger partial charge on any atom is -0.320 e. The van der Waals surface area contributed by atoms with Crippen molar-refractivity contribution in [1.82, 2.24) is 10.2 Å². The molecule has 0 radical (unpaired) electrons. The van der Waals surface area contributed by atoms with Crippen molar-refractivity contribution in [3.05, 3.63) is 46.0 Å². The summed E-state index contributed by atoms with van der Waals surface area (Å²) in [6, 6.07) is 3.51. The van der Waals surface area contributed by atoms with E-state index in [1.54, 1.807) is 6.92 Å². The molecule has 146 valence electrons. The largest absolute Gasteiger partial charge is 0.320 e. The van der Waals surface area contributed by atoms with E-state index in [0.29, 0.717) is 11.3 Å². The quantitative estimate of drug-likeness (QED) is 0.357. The number of likely N-dealkylation sites (tertiary alicyclic amines) is 1. The van der Waals surface area contributed by atoms with E-state index in [-0.39, 0.29) is 47.8 Å². The second-order valence-corrected chi connectivity index (χ2v) is 7.49. The zero-order chi connectivity index (χ0) is 20.0. The number of fused-ring (bicyclic) bond motifs is 1. The summed E-state index contributed by atoms with van der Waals surface area (Å²) in [5.41, 5.74) is 0.881. The molecule has 1 saturated heterocycles. The van der Waals surface area contributed by atoms with E-state index in [1.165, 1.54) is 18.2 Å². The zero-order valence-corrected chi connectivity index (χ0v) is 15.3. The molecule has 1 aromatic rings. The molecule has 4 atom stereocenters. The first kappa shape index (κ1) is 18.1. The molecule has 0 spiro atoms. The Kier molecular flexibility index (Phi) is 4.37. The number of non-ortho nitro benzene ring substituents is 1. The number of nitro benzene ring substituents is 1. The van der Waals surface area contributed by atoms with E-state index in [0.717, 1.165) is 17.7 Å². The molecule has 9 heteroatoms. The molecule has 2 bridgehead atoms. The summed E-state index contributed by atoms with van der Waals surface area (Å²) >= 11 is 0. The number of aryl methyl sites for hydroxylation is 1. The van der Waals surface area contributed by atoms with Gasteiger partial charge in [-0.05, 0) is 43.2 Å². The minimum absolute atomic E-state index is 0.0671. The van der Waals surface area contributed by atoms with Gasteiger partial charge in [0, 0.05) is 17.8 Å². The first-order valence-electron chi connectivity index (χ1n) is 9.20. The van der Waals surface area contributed by atoms with E-state index in [1.807, 2.05) is 12.2 Å². The number of carbonyl (C=O) groups excluding carboxylic acids is 3. The van der Waals surface area contributed by atoms with Crippen molar-refractivity contribution in [3.63, 3.8) is 0 Å². The summed E-state index contributed by atoms with van der Waals surface area (Å²) < 4.78 is 0. The second kappa shape index (κ2) is 6.74. The lowest BCUT2D eigenvalue weighted by molar-refractivity contribution is -0.384. The first-order chi connectivity index (χ1) is 13.4. The molecule has 9 nitrogen and oxygen atoms in total. The monoisotopic (exact) mass is 384 g/mol. The fraction of sp³-hybridized carbons (Fsp3) is 0.421. The van der Waals surface area contributed by atoms with Crippen molar-refractivity contribution in [3.8, 4) is 0 Å². The van der Waals surface area contributed by atoms with Crippen LogP contribution in [-0.4, -0.2) is 34.3 Å². The molecule has 1 saturated carbocycles. The number of nitrogens with one attached hydrogen (secondary N) is 2. The Labute approximate surface area is 160 Å². The third kappa shape index (κ3) is 2.92. The van der Waals surface area contributed by atoms with Crippen molar-refractivity contribution < 1.29 is 19.3 Å². The SMILES string of the molecule is Cc1cc([N+](=O)[O-])ccc1NC(=O)NCN1C(=O)[C@H]2[C@H](C1=O)[C@H]1C=C[C@H]2CC1. The summed E-state index contributed by atoms with van der Waals surface area (Å²) in [7, 11) is 0. The second-order valence-electron chi connectivity index (χ2n) is 7.49. The van der Waals surface area contributed by atoms with E-state index < -0.39 is 11.0 Å². The molecule has 4 aliphatic rings. The number of nitro groups is 1. The van der Waals surface area contributed by atoms with E-state index in [9.17, 15) is 24.5 Å². The van der Waals surface area contributed by atoms with Gasteiger partial charge in [-0.3, -0.25) is 24.6 Å². The minimum atomic E-state index is -0.589. The van der Waals surface area contributed by atoms with Gasteiger partial charge in [0.15, 0.2) is 0 Å². The standard InChI is InChI=1S/C19H20N4O5/c1-10-8-13(23(27)28)6-7-14(10)21-19(26)20-9-22-17(24)15-11-2-3-12(5-4-11)16(15)18(22)25/h2-3,6-8,11-12,15-16H,4-5,9H2,1H3,(H2,20,21,26)/t11-,12-,15+,16+/m0/s1. The molecule has 0 unspecified atom stereocenters. The number of rotatable bonds is 4. The smallest absolute Gasteiger partial charge is 0.320 e. The van der Waals surface area contributed by atoms with Crippen LogP contribution in [0.25, 0.3) is 0 Å². The Balaban J connectivity index is 1.38. The first-order valence-corrected chi connectivity index (χ1v) is 9.20. The van der Waals surface area contributed by atoms with Crippen LogP contribution in [0.5, 0.6) is 0 Å². The molecule has 28 heavy (non-hydrogen) atoms. The van der Waals surface area contributed by atoms with Crippen LogP contribution in [0.1, 0.15) is 18.4 Å². The maximum absolute atomic E-state index is 12.7. The number of imide groups is 1. The predicted octanol–water partition coefficient (Wildman–Crippen LogP) is 2.18. The maximum atomic E-state index is 12.7. The zero-order valence-electron chi connectivity index (χ0n) is 15.3. The van der Waals surface area contributed by atoms with Crippen molar-refractivity contribution in [2.75, 3.05) is 12.0 Å². The molecule has 2 N–H and O–H groups in total. The number of benzene rings is 1. The van der Waals surface area contributed by atoms with E-state index >= 15 is 0 Å². The van der Waals surface area contributed by atoms with Gasteiger partial charge in [0.25, 0.3) is 5.69 Å².